The van der Waals surface area contributed by atoms with Crippen LogP contribution >= 0.6 is 12.2 Å². The molecule has 0 spiro atoms. The number of rotatable bonds is 0. The molecular formula is C8H14N2S. The predicted octanol–water partition coefficient (Wildman–Crippen LogP) is 1.25. The van der Waals surface area contributed by atoms with Crippen LogP contribution in [-0.4, -0.2) is 22.1 Å². The molecule has 2 nitrogen and oxygen atoms in total. The monoisotopic (exact) mass is 170 g/mol. The van der Waals surface area contributed by atoms with Gasteiger partial charge in [-0.1, -0.05) is 0 Å². The van der Waals surface area contributed by atoms with Crippen molar-refractivity contribution in [2.75, 3.05) is 0 Å². The Bertz CT molecular complexity index is 165. The summed E-state index contributed by atoms with van der Waals surface area (Å²) in [6.45, 7) is 0. The third-order valence-electron chi connectivity index (χ3n) is 2.95. The minimum atomic E-state index is 0.622. The number of fused-ring (bicyclic) bond motifs is 2. The lowest BCUT2D eigenvalue weighted by Crippen LogP contribution is -2.46. The molecule has 0 saturated carbocycles. The highest BCUT2D eigenvalue weighted by Crippen LogP contribution is 2.34. The van der Waals surface area contributed by atoms with Gasteiger partial charge >= 0.3 is 0 Å². The van der Waals surface area contributed by atoms with Crippen LogP contribution in [-0.2, 0) is 0 Å². The van der Waals surface area contributed by atoms with Crippen LogP contribution in [0.2, 0.25) is 0 Å². The first-order chi connectivity index (χ1) is 5.29. The van der Waals surface area contributed by atoms with Gasteiger partial charge in [0, 0.05) is 12.1 Å². The van der Waals surface area contributed by atoms with E-state index in [-0.39, 0.29) is 0 Å². The van der Waals surface area contributed by atoms with Gasteiger partial charge in [0.25, 0.3) is 0 Å². The molecule has 2 unspecified atom stereocenters. The third-order valence-corrected chi connectivity index (χ3v) is 3.16. The molecule has 2 N–H and O–H groups in total. The molecule has 0 aromatic carbocycles. The first kappa shape index (κ1) is 7.35. The number of hydrogen-bond donors (Lipinski definition) is 1. The van der Waals surface area contributed by atoms with Gasteiger partial charge in [0.15, 0.2) is 5.11 Å². The zero-order valence-corrected chi connectivity index (χ0v) is 7.44. The van der Waals surface area contributed by atoms with Crippen molar-refractivity contribution < 1.29 is 0 Å². The van der Waals surface area contributed by atoms with Crippen molar-refractivity contribution in [3.05, 3.63) is 0 Å². The van der Waals surface area contributed by atoms with Gasteiger partial charge in [0.05, 0.1) is 0 Å². The van der Waals surface area contributed by atoms with Gasteiger partial charge in [-0.3, -0.25) is 0 Å². The molecule has 0 radical (unpaired) electrons. The van der Waals surface area contributed by atoms with Crippen molar-refractivity contribution in [3.8, 4) is 0 Å². The number of nitrogens with zero attached hydrogens (tertiary/aromatic N) is 1. The molecule has 2 aliphatic rings. The van der Waals surface area contributed by atoms with E-state index in [1.165, 1.54) is 32.1 Å². The smallest absolute Gasteiger partial charge is 0.166 e. The SMILES string of the molecule is NC(=S)N1C2CCCC1CC2. The van der Waals surface area contributed by atoms with Gasteiger partial charge in [-0.2, -0.15) is 0 Å². The first-order valence-corrected chi connectivity index (χ1v) is 4.77. The largest absolute Gasteiger partial charge is 0.376 e. The predicted molar refractivity (Wildman–Crippen MR) is 49.3 cm³/mol. The van der Waals surface area contributed by atoms with Crippen molar-refractivity contribution in [2.24, 2.45) is 5.73 Å². The fourth-order valence-corrected chi connectivity index (χ4v) is 2.78. The highest BCUT2D eigenvalue weighted by Gasteiger charge is 2.36. The maximum Gasteiger partial charge on any atom is 0.166 e. The van der Waals surface area contributed by atoms with Crippen molar-refractivity contribution in [1.29, 1.82) is 0 Å². The topological polar surface area (TPSA) is 29.3 Å². The molecule has 11 heavy (non-hydrogen) atoms. The number of thiocarbonyl (C=S) groups is 1. The third kappa shape index (κ3) is 1.11. The zero-order chi connectivity index (χ0) is 7.84. The maximum absolute atomic E-state index is 5.65. The minimum absolute atomic E-state index is 0.622. The normalized spacial score (nSPS) is 35.8. The molecule has 2 aliphatic heterocycles. The molecule has 0 aromatic rings. The molecule has 2 saturated heterocycles. The van der Waals surface area contributed by atoms with Crippen molar-refractivity contribution in [1.82, 2.24) is 4.90 Å². The molecular weight excluding hydrogens is 156 g/mol. The molecule has 2 heterocycles. The Morgan fingerprint density at radius 2 is 1.73 bits per heavy atom. The fraction of sp³-hybridized carbons (Fsp3) is 0.875. The van der Waals surface area contributed by atoms with Gasteiger partial charge in [-0.25, -0.2) is 0 Å². The van der Waals surface area contributed by atoms with E-state index in [4.69, 9.17) is 18.0 Å². The Morgan fingerprint density at radius 3 is 2.09 bits per heavy atom. The van der Waals surface area contributed by atoms with Crippen LogP contribution in [0.4, 0.5) is 0 Å². The molecule has 0 aliphatic carbocycles. The summed E-state index contributed by atoms with van der Waals surface area (Å²) in [6, 6.07) is 1.37. The summed E-state index contributed by atoms with van der Waals surface area (Å²) < 4.78 is 0. The van der Waals surface area contributed by atoms with Gasteiger partial charge in [-0.15, -0.1) is 0 Å². The Hall–Kier alpha value is -0.310. The standard InChI is InChI=1S/C8H14N2S/c9-8(11)10-6-2-1-3-7(10)5-4-6/h6-7H,1-5H2,(H2,9,11). The molecule has 62 valence electrons. The van der Waals surface area contributed by atoms with E-state index in [9.17, 15) is 0 Å². The van der Waals surface area contributed by atoms with Crippen LogP contribution in [0.5, 0.6) is 0 Å². The summed E-state index contributed by atoms with van der Waals surface area (Å²) >= 11 is 5.01. The second-order valence-electron chi connectivity index (χ2n) is 3.56. The Balaban J connectivity index is 2.15. The highest BCUT2D eigenvalue weighted by molar-refractivity contribution is 7.80. The molecule has 0 aromatic heterocycles. The number of hydrogen-bond acceptors (Lipinski definition) is 1. The summed E-state index contributed by atoms with van der Waals surface area (Å²) in [7, 11) is 0. The summed E-state index contributed by atoms with van der Waals surface area (Å²) in [4.78, 5) is 2.26. The van der Waals surface area contributed by atoms with Crippen LogP contribution in [0, 0.1) is 0 Å². The summed E-state index contributed by atoms with van der Waals surface area (Å²) in [6.07, 6.45) is 6.58. The zero-order valence-electron chi connectivity index (χ0n) is 6.62. The van der Waals surface area contributed by atoms with Crippen LogP contribution in [0.15, 0.2) is 0 Å². The van der Waals surface area contributed by atoms with Gasteiger partial charge in [0.2, 0.25) is 0 Å². The second-order valence-corrected chi connectivity index (χ2v) is 3.98. The molecule has 2 bridgehead atoms. The summed E-state index contributed by atoms with van der Waals surface area (Å²) in [5.41, 5.74) is 5.65. The number of nitrogens with two attached hydrogens (primary N) is 1. The molecule has 0 amide bonds. The molecule has 2 fully saturated rings. The van der Waals surface area contributed by atoms with Crippen LogP contribution < -0.4 is 5.73 Å². The average molecular weight is 170 g/mol. The summed E-state index contributed by atoms with van der Waals surface area (Å²) in [5.74, 6) is 0. The lowest BCUT2D eigenvalue weighted by Gasteiger charge is -2.35. The number of piperidine rings is 1. The van der Waals surface area contributed by atoms with Crippen LogP contribution in [0.1, 0.15) is 32.1 Å². The Labute approximate surface area is 72.7 Å². The quantitative estimate of drug-likeness (QED) is 0.555. The lowest BCUT2D eigenvalue weighted by atomic mass is 10.0. The lowest BCUT2D eigenvalue weighted by molar-refractivity contribution is 0.238. The summed E-state index contributed by atoms with van der Waals surface area (Å²) in [5, 5.41) is 0.622. The first-order valence-electron chi connectivity index (χ1n) is 4.37. The van der Waals surface area contributed by atoms with Crippen molar-refractivity contribution >= 4 is 17.3 Å². The van der Waals surface area contributed by atoms with E-state index >= 15 is 0 Å². The Morgan fingerprint density at radius 1 is 1.18 bits per heavy atom. The second kappa shape index (κ2) is 2.63. The van der Waals surface area contributed by atoms with Gasteiger partial charge < -0.3 is 10.6 Å². The molecule has 2 rings (SSSR count). The van der Waals surface area contributed by atoms with Gasteiger partial charge in [0.1, 0.15) is 0 Å². The molecule has 2 atom stereocenters. The maximum atomic E-state index is 5.65. The molecule has 3 heteroatoms. The van der Waals surface area contributed by atoms with Crippen molar-refractivity contribution in [2.45, 2.75) is 44.2 Å². The van der Waals surface area contributed by atoms with E-state index in [2.05, 4.69) is 4.90 Å². The van der Waals surface area contributed by atoms with E-state index < -0.39 is 0 Å². The van der Waals surface area contributed by atoms with E-state index in [0.717, 1.165) is 0 Å². The van der Waals surface area contributed by atoms with E-state index in [0.29, 0.717) is 17.2 Å². The van der Waals surface area contributed by atoms with E-state index in [1.54, 1.807) is 0 Å². The Kier molecular flexibility index (Phi) is 1.75. The van der Waals surface area contributed by atoms with Crippen molar-refractivity contribution in [3.63, 3.8) is 0 Å². The average Bonchev–Trinajstić information content (AvgIpc) is 2.23. The van der Waals surface area contributed by atoms with Crippen LogP contribution in [0.25, 0.3) is 0 Å². The van der Waals surface area contributed by atoms with E-state index in [1.807, 2.05) is 0 Å². The highest BCUT2D eigenvalue weighted by atomic mass is 32.1. The van der Waals surface area contributed by atoms with Crippen LogP contribution in [0.3, 0.4) is 0 Å². The minimum Gasteiger partial charge on any atom is -0.376 e. The van der Waals surface area contributed by atoms with Gasteiger partial charge in [-0.05, 0) is 44.3 Å². The fourth-order valence-electron chi connectivity index (χ4n) is 2.48.